The van der Waals surface area contributed by atoms with E-state index in [1.165, 1.54) is 0 Å². The minimum absolute atomic E-state index is 0.166. The molecule has 0 saturated heterocycles. The number of hydrogen-bond donors (Lipinski definition) is 2. The number of rotatable bonds is 8. The number of carbonyl (C=O) groups excluding carboxylic acids is 1. The molecule has 130 valence electrons. The summed E-state index contributed by atoms with van der Waals surface area (Å²) in [6.45, 7) is 6.70. The molecule has 5 nitrogen and oxygen atoms in total. The molecule has 0 aliphatic rings. The number of aromatic nitrogens is 1. The highest BCUT2D eigenvalue weighted by molar-refractivity contribution is 7.09. The Hall–Kier alpha value is -1.92. The predicted octanol–water partition coefficient (Wildman–Crippen LogP) is 3.17. The van der Waals surface area contributed by atoms with Gasteiger partial charge in [-0.05, 0) is 37.5 Å². The average Bonchev–Trinajstić information content (AvgIpc) is 2.98. The topological polar surface area (TPSA) is 71.5 Å². The number of carbonyl (C=O) groups is 1. The number of nitrogens with zero attached hydrogens (tertiary/aromatic N) is 1. The fourth-order valence-corrected chi connectivity index (χ4v) is 2.73. The van der Waals surface area contributed by atoms with Crippen LogP contribution in [0.1, 0.15) is 41.3 Å². The zero-order valence-electron chi connectivity index (χ0n) is 14.3. The van der Waals surface area contributed by atoms with Crippen LogP contribution in [0.3, 0.4) is 0 Å². The first kappa shape index (κ1) is 18.4. The lowest BCUT2D eigenvalue weighted by molar-refractivity contribution is 0.0919. The standard InChI is InChI=1S/C18H24N2O3S/c1-12(2)17(21)7-8-19-18(22)14-5-4-6-16(9-14)23-10-15-11-24-13(3)20-15/h4-6,9,11-12,17,21H,7-8,10H2,1-3H3,(H,19,22). The lowest BCUT2D eigenvalue weighted by Crippen LogP contribution is -2.28. The minimum atomic E-state index is -0.401. The van der Waals surface area contributed by atoms with Gasteiger partial charge < -0.3 is 15.2 Å². The molecule has 1 amide bonds. The van der Waals surface area contributed by atoms with E-state index < -0.39 is 6.10 Å². The lowest BCUT2D eigenvalue weighted by Gasteiger charge is -2.14. The maximum atomic E-state index is 12.2. The molecule has 0 saturated carbocycles. The van der Waals surface area contributed by atoms with E-state index in [9.17, 15) is 9.90 Å². The summed E-state index contributed by atoms with van der Waals surface area (Å²) in [6, 6.07) is 7.07. The third-order valence-corrected chi connectivity index (χ3v) is 4.47. The van der Waals surface area contributed by atoms with Crippen LogP contribution in [-0.4, -0.2) is 28.6 Å². The van der Waals surface area contributed by atoms with Gasteiger partial charge >= 0.3 is 0 Å². The third-order valence-electron chi connectivity index (χ3n) is 3.64. The highest BCUT2D eigenvalue weighted by Gasteiger charge is 2.11. The van der Waals surface area contributed by atoms with Crippen molar-refractivity contribution in [2.24, 2.45) is 5.92 Å². The molecule has 24 heavy (non-hydrogen) atoms. The quantitative estimate of drug-likeness (QED) is 0.769. The molecule has 2 aromatic rings. The van der Waals surface area contributed by atoms with E-state index in [2.05, 4.69) is 10.3 Å². The number of nitrogens with one attached hydrogen (secondary N) is 1. The van der Waals surface area contributed by atoms with Gasteiger partial charge in [-0.3, -0.25) is 4.79 Å². The fourth-order valence-electron chi connectivity index (χ4n) is 2.13. The summed E-state index contributed by atoms with van der Waals surface area (Å²) in [6.07, 6.45) is 0.143. The fraction of sp³-hybridized carbons (Fsp3) is 0.444. The Morgan fingerprint density at radius 2 is 2.21 bits per heavy atom. The molecule has 1 atom stereocenters. The van der Waals surface area contributed by atoms with E-state index in [0.29, 0.717) is 30.9 Å². The third kappa shape index (κ3) is 5.62. The Morgan fingerprint density at radius 1 is 1.42 bits per heavy atom. The van der Waals surface area contributed by atoms with Gasteiger partial charge in [0.05, 0.1) is 16.8 Å². The Bertz CT molecular complexity index is 670. The summed E-state index contributed by atoms with van der Waals surface area (Å²) < 4.78 is 5.69. The van der Waals surface area contributed by atoms with Crippen molar-refractivity contribution in [3.8, 4) is 5.75 Å². The maximum Gasteiger partial charge on any atom is 0.251 e. The van der Waals surface area contributed by atoms with Gasteiger partial charge in [0.2, 0.25) is 0 Å². The van der Waals surface area contributed by atoms with Crippen molar-refractivity contribution in [1.29, 1.82) is 0 Å². The van der Waals surface area contributed by atoms with Gasteiger partial charge in [0.25, 0.3) is 5.91 Å². The molecule has 1 unspecified atom stereocenters. The van der Waals surface area contributed by atoms with Crippen molar-refractivity contribution in [2.45, 2.75) is 39.9 Å². The van der Waals surface area contributed by atoms with E-state index in [0.717, 1.165) is 10.7 Å². The largest absolute Gasteiger partial charge is 0.487 e. The molecule has 0 fully saturated rings. The van der Waals surface area contributed by atoms with Crippen LogP contribution in [-0.2, 0) is 6.61 Å². The predicted molar refractivity (Wildman–Crippen MR) is 95.4 cm³/mol. The summed E-state index contributed by atoms with van der Waals surface area (Å²) in [5, 5.41) is 15.6. The molecular formula is C18H24N2O3S. The van der Waals surface area contributed by atoms with Crippen LogP contribution in [0.4, 0.5) is 0 Å². The van der Waals surface area contributed by atoms with E-state index in [-0.39, 0.29) is 11.8 Å². The van der Waals surface area contributed by atoms with Crippen molar-refractivity contribution in [3.63, 3.8) is 0 Å². The van der Waals surface area contributed by atoms with Crippen molar-refractivity contribution in [1.82, 2.24) is 10.3 Å². The molecule has 6 heteroatoms. The molecule has 1 aromatic heterocycles. The first-order chi connectivity index (χ1) is 11.5. The van der Waals surface area contributed by atoms with Gasteiger partial charge in [0.1, 0.15) is 12.4 Å². The number of hydrogen-bond acceptors (Lipinski definition) is 5. The Morgan fingerprint density at radius 3 is 2.88 bits per heavy atom. The smallest absolute Gasteiger partial charge is 0.251 e. The summed E-state index contributed by atoms with van der Waals surface area (Å²) >= 11 is 1.59. The Balaban J connectivity index is 1.85. The molecule has 1 aromatic carbocycles. The normalized spacial score (nSPS) is 12.2. The maximum absolute atomic E-state index is 12.2. The van der Waals surface area contributed by atoms with Gasteiger partial charge in [-0.2, -0.15) is 0 Å². The first-order valence-electron chi connectivity index (χ1n) is 8.06. The molecule has 0 spiro atoms. The van der Waals surface area contributed by atoms with E-state index >= 15 is 0 Å². The molecular weight excluding hydrogens is 324 g/mol. The number of amides is 1. The second-order valence-corrected chi connectivity index (χ2v) is 7.09. The highest BCUT2D eigenvalue weighted by Crippen LogP contribution is 2.16. The van der Waals surface area contributed by atoms with Crippen molar-refractivity contribution >= 4 is 17.2 Å². The monoisotopic (exact) mass is 348 g/mol. The van der Waals surface area contributed by atoms with Gasteiger partial charge in [-0.15, -0.1) is 11.3 Å². The van der Waals surface area contributed by atoms with E-state index in [1.807, 2.05) is 32.2 Å². The zero-order chi connectivity index (χ0) is 17.5. The number of aliphatic hydroxyl groups is 1. The van der Waals surface area contributed by atoms with Crippen LogP contribution in [0, 0.1) is 12.8 Å². The zero-order valence-corrected chi connectivity index (χ0v) is 15.1. The average molecular weight is 348 g/mol. The van der Waals surface area contributed by atoms with Crippen LogP contribution in [0.15, 0.2) is 29.6 Å². The number of thiazole rings is 1. The number of aryl methyl sites for hydroxylation is 1. The molecule has 0 bridgehead atoms. The lowest BCUT2D eigenvalue weighted by atomic mass is 10.0. The second kappa shape index (κ2) is 8.80. The summed E-state index contributed by atoms with van der Waals surface area (Å²) in [4.78, 5) is 16.5. The molecule has 2 N–H and O–H groups in total. The molecule has 0 aliphatic carbocycles. The first-order valence-corrected chi connectivity index (χ1v) is 8.94. The van der Waals surface area contributed by atoms with Crippen LogP contribution in [0.5, 0.6) is 5.75 Å². The van der Waals surface area contributed by atoms with Gasteiger partial charge in [0.15, 0.2) is 0 Å². The molecule has 1 heterocycles. The number of aliphatic hydroxyl groups excluding tert-OH is 1. The van der Waals surface area contributed by atoms with Gasteiger partial charge in [-0.1, -0.05) is 19.9 Å². The summed E-state index contributed by atoms with van der Waals surface area (Å²) in [5.74, 6) is 0.657. The number of ether oxygens (including phenoxy) is 1. The van der Waals surface area contributed by atoms with Crippen LogP contribution < -0.4 is 10.1 Å². The van der Waals surface area contributed by atoms with Crippen LogP contribution in [0.2, 0.25) is 0 Å². The summed E-state index contributed by atoms with van der Waals surface area (Å²) in [7, 11) is 0. The summed E-state index contributed by atoms with van der Waals surface area (Å²) in [5.41, 5.74) is 1.43. The Labute approximate surface area is 146 Å². The number of benzene rings is 1. The molecule has 0 aliphatic heterocycles. The minimum Gasteiger partial charge on any atom is -0.487 e. The highest BCUT2D eigenvalue weighted by atomic mass is 32.1. The molecule has 0 radical (unpaired) electrons. The van der Waals surface area contributed by atoms with Gasteiger partial charge in [-0.25, -0.2) is 4.98 Å². The van der Waals surface area contributed by atoms with E-state index in [1.54, 1.807) is 29.5 Å². The van der Waals surface area contributed by atoms with Crippen molar-refractivity contribution in [3.05, 3.63) is 45.9 Å². The SMILES string of the molecule is Cc1nc(COc2cccc(C(=O)NCCC(O)C(C)C)c2)cs1. The van der Waals surface area contributed by atoms with Crippen LogP contribution >= 0.6 is 11.3 Å². The van der Waals surface area contributed by atoms with Crippen molar-refractivity contribution < 1.29 is 14.6 Å². The van der Waals surface area contributed by atoms with Gasteiger partial charge in [0, 0.05) is 17.5 Å². The molecule has 2 rings (SSSR count). The Kier molecular flexibility index (Phi) is 6.75. The van der Waals surface area contributed by atoms with E-state index in [4.69, 9.17) is 4.74 Å². The second-order valence-electron chi connectivity index (χ2n) is 6.03. The van der Waals surface area contributed by atoms with Crippen LogP contribution in [0.25, 0.3) is 0 Å². The van der Waals surface area contributed by atoms with Crippen molar-refractivity contribution in [2.75, 3.05) is 6.54 Å².